The van der Waals surface area contributed by atoms with Gasteiger partial charge in [-0.25, -0.2) is 4.98 Å². The standard InChI is InChI=1S/C18H29N7O2/c1-11(2)8-15(18(26)27)14(17-22-24-25-23-17)9-13-4-5-16(21-10-13)20-7-6-12(3)19/h4-5,10-12,14-15H,6-9,19H2,1-3H3,(H,20,21)(H,26,27)(H,22,23,24,25). The highest BCUT2D eigenvalue weighted by atomic mass is 16.4. The van der Waals surface area contributed by atoms with Crippen LogP contribution in [-0.2, 0) is 11.2 Å². The summed E-state index contributed by atoms with van der Waals surface area (Å²) >= 11 is 0. The lowest BCUT2D eigenvalue weighted by molar-refractivity contribution is -0.143. The van der Waals surface area contributed by atoms with Crippen LogP contribution in [0.3, 0.4) is 0 Å². The molecule has 0 saturated heterocycles. The van der Waals surface area contributed by atoms with Gasteiger partial charge in [-0.1, -0.05) is 25.1 Å². The molecule has 3 unspecified atom stereocenters. The molecule has 0 aliphatic heterocycles. The number of tetrazole rings is 1. The first-order chi connectivity index (χ1) is 12.9. The van der Waals surface area contributed by atoms with Gasteiger partial charge < -0.3 is 16.2 Å². The molecule has 0 aliphatic carbocycles. The summed E-state index contributed by atoms with van der Waals surface area (Å²) in [6.07, 6.45) is 3.64. The van der Waals surface area contributed by atoms with Crippen molar-refractivity contribution in [1.29, 1.82) is 0 Å². The minimum Gasteiger partial charge on any atom is -0.481 e. The van der Waals surface area contributed by atoms with E-state index in [9.17, 15) is 9.90 Å². The van der Waals surface area contributed by atoms with Gasteiger partial charge in [0, 0.05) is 24.7 Å². The van der Waals surface area contributed by atoms with E-state index in [-0.39, 0.29) is 17.9 Å². The van der Waals surface area contributed by atoms with Gasteiger partial charge in [-0.2, -0.15) is 5.21 Å². The zero-order valence-electron chi connectivity index (χ0n) is 16.1. The first kappa shape index (κ1) is 20.8. The van der Waals surface area contributed by atoms with E-state index in [0.717, 1.165) is 24.3 Å². The van der Waals surface area contributed by atoms with Gasteiger partial charge in [-0.05, 0) is 43.7 Å². The number of aromatic amines is 1. The number of aromatic nitrogens is 5. The highest BCUT2D eigenvalue weighted by Crippen LogP contribution is 2.31. The number of hydrogen-bond donors (Lipinski definition) is 4. The quantitative estimate of drug-likeness (QED) is 0.466. The second-order valence-electron chi connectivity index (χ2n) is 7.40. The third-order valence-electron chi connectivity index (χ3n) is 4.41. The lowest BCUT2D eigenvalue weighted by Crippen LogP contribution is -2.26. The summed E-state index contributed by atoms with van der Waals surface area (Å²) in [5.74, 6) is -0.376. The topological polar surface area (TPSA) is 143 Å². The van der Waals surface area contributed by atoms with Crippen LogP contribution in [0.1, 0.15) is 50.9 Å². The molecule has 2 aromatic rings. The highest BCUT2D eigenvalue weighted by Gasteiger charge is 2.33. The number of hydrogen-bond acceptors (Lipinski definition) is 7. The van der Waals surface area contributed by atoms with Gasteiger partial charge in [0.15, 0.2) is 5.82 Å². The number of nitrogens with zero attached hydrogens (tertiary/aromatic N) is 4. The number of carboxylic acid groups (broad SMARTS) is 1. The summed E-state index contributed by atoms with van der Waals surface area (Å²) in [6, 6.07) is 3.98. The largest absolute Gasteiger partial charge is 0.481 e. The minimum atomic E-state index is -0.847. The number of nitrogens with one attached hydrogen (secondary N) is 2. The van der Waals surface area contributed by atoms with Crippen molar-refractivity contribution in [3.8, 4) is 0 Å². The van der Waals surface area contributed by atoms with Crippen LogP contribution in [-0.4, -0.2) is 49.3 Å². The Labute approximate surface area is 159 Å². The van der Waals surface area contributed by atoms with E-state index in [1.54, 1.807) is 6.20 Å². The fourth-order valence-corrected chi connectivity index (χ4v) is 3.02. The molecule has 5 N–H and O–H groups in total. The van der Waals surface area contributed by atoms with Crippen molar-refractivity contribution >= 4 is 11.8 Å². The maximum Gasteiger partial charge on any atom is 0.307 e. The summed E-state index contributed by atoms with van der Waals surface area (Å²) in [6.45, 7) is 6.73. The van der Waals surface area contributed by atoms with Crippen molar-refractivity contribution in [2.24, 2.45) is 17.6 Å². The van der Waals surface area contributed by atoms with E-state index >= 15 is 0 Å². The van der Waals surface area contributed by atoms with Crippen LogP contribution in [0.25, 0.3) is 0 Å². The van der Waals surface area contributed by atoms with E-state index in [1.165, 1.54) is 0 Å². The summed E-state index contributed by atoms with van der Waals surface area (Å²) in [4.78, 5) is 16.3. The summed E-state index contributed by atoms with van der Waals surface area (Å²) in [5, 5.41) is 27.1. The summed E-state index contributed by atoms with van der Waals surface area (Å²) < 4.78 is 0. The molecule has 0 radical (unpaired) electrons. The van der Waals surface area contributed by atoms with E-state index in [4.69, 9.17) is 5.73 Å². The molecule has 2 rings (SSSR count). The number of anilines is 1. The number of pyridine rings is 1. The summed E-state index contributed by atoms with van der Waals surface area (Å²) in [5.41, 5.74) is 6.67. The molecule has 0 bridgehead atoms. The molecular weight excluding hydrogens is 346 g/mol. The van der Waals surface area contributed by atoms with E-state index in [2.05, 4.69) is 30.9 Å². The first-order valence-electron chi connectivity index (χ1n) is 9.27. The van der Waals surface area contributed by atoms with E-state index in [0.29, 0.717) is 18.7 Å². The van der Waals surface area contributed by atoms with Crippen LogP contribution < -0.4 is 11.1 Å². The molecule has 0 fully saturated rings. The van der Waals surface area contributed by atoms with Gasteiger partial charge in [-0.3, -0.25) is 4.79 Å². The number of carboxylic acids is 1. The fraction of sp³-hybridized carbons (Fsp3) is 0.611. The Kier molecular flexibility index (Phi) is 7.66. The molecule has 0 aliphatic rings. The Morgan fingerprint density at radius 1 is 1.33 bits per heavy atom. The highest BCUT2D eigenvalue weighted by molar-refractivity contribution is 5.71. The van der Waals surface area contributed by atoms with E-state index in [1.807, 2.05) is 32.9 Å². The van der Waals surface area contributed by atoms with Gasteiger partial charge in [0.25, 0.3) is 0 Å². The van der Waals surface area contributed by atoms with Crippen molar-refractivity contribution < 1.29 is 9.90 Å². The predicted octanol–water partition coefficient (Wildman–Crippen LogP) is 1.82. The van der Waals surface area contributed by atoms with Crippen LogP contribution in [0.15, 0.2) is 18.3 Å². The zero-order valence-corrected chi connectivity index (χ0v) is 16.1. The second kappa shape index (κ2) is 9.96. The molecule has 0 aromatic carbocycles. The molecule has 0 saturated carbocycles. The van der Waals surface area contributed by atoms with Crippen molar-refractivity contribution in [2.75, 3.05) is 11.9 Å². The normalized spacial score (nSPS) is 14.7. The van der Waals surface area contributed by atoms with Crippen molar-refractivity contribution in [3.05, 3.63) is 29.7 Å². The predicted molar refractivity (Wildman–Crippen MR) is 102 cm³/mol. The zero-order chi connectivity index (χ0) is 19.8. The first-order valence-corrected chi connectivity index (χ1v) is 9.27. The van der Waals surface area contributed by atoms with Gasteiger partial charge in [0.05, 0.1) is 5.92 Å². The third kappa shape index (κ3) is 6.59. The number of rotatable bonds is 11. The maximum absolute atomic E-state index is 11.9. The van der Waals surface area contributed by atoms with Gasteiger partial charge in [-0.15, -0.1) is 10.2 Å². The Balaban J connectivity index is 2.12. The average molecular weight is 375 g/mol. The monoisotopic (exact) mass is 375 g/mol. The van der Waals surface area contributed by atoms with Crippen molar-refractivity contribution in [1.82, 2.24) is 25.6 Å². The summed E-state index contributed by atoms with van der Waals surface area (Å²) in [7, 11) is 0. The van der Waals surface area contributed by atoms with Gasteiger partial charge >= 0.3 is 5.97 Å². The smallest absolute Gasteiger partial charge is 0.307 e. The molecule has 3 atom stereocenters. The molecule has 0 spiro atoms. The Morgan fingerprint density at radius 3 is 2.63 bits per heavy atom. The van der Waals surface area contributed by atoms with Crippen LogP contribution in [0.4, 0.5) is 5.82 Å². The van der Waals surface area contributed by atoms with Crippen LogP contribution in [0.5, 0.6) is 0 Å². The number of carbonyl (C=O) groups is 1. The average Bonchev–Trinajstić information content (AvgIpc) is 3.13. The lowest BCUT2D eigenvalue weighted by atomic mass is 9.81. The molecule has 2 heterocycles. The Hall–Kier alpha value is -2.55. The van der Waals surface area contributed by atoms with Crippen LogP contribution >= 0.6 is 0 Å². The molecule has 27 heavy (non-hydrogen) atoms. The SMILES string of the molecule is CC(C)CC(C(=O)O)C(Cc1ccc(NCCC(C)N)nc1)c1nn[nH]n1. The Morgan fingerprint density at radius 2 is 2.11 bits per heavy atom. The van der Waals surface area contributed by atoms with Crippen LogP contribution in [0.2, 0.25) is 0 Å². The maximum atomic E-state index is 11.9. The molecule has 0 amide bonds. The number of nitrogens with two attached hydrogens (primary N) is 1. The molecule has 9 nitrogen and oxygen atoms in total. The lowest BCUT2D eigenvalue weighted by Gasteiger charge is -2.23. The molecule has 148 valence electrons. The van der Waals surface area contributed by atoms with Crippen LogP contribution in [0, 0.1) is 11.8 Å². The second-order valence-corrected chi connectivity index (χ2v) is 7.40. The Bertz CT molecular complexity index is 686. The number of aliphatic carboxylic acids is 1. The fourth-order valence-electron chi connectivity index (χ4n) is 3.02. The van der Waals surface area contributed by atoms with Crippen molar-refractivity contribution in [2.45, 2.75) is 52.0 Å². The van der Waals surface area contributed by atoms with E-state index < -0.39 is 11.9 Å². The van der Waals surface area contributed by atoms with Gasteiger partial charge in [0.1, 0.15) is 5.82 Å². The molecular formula is C18H29N7O2. The minimum absolute atomic E-state index is 0.140. The van der Waals surface area contributed by atoms with Crippen molar-refractivity contribution in [3.63, 3.8) is 0 Å². The van der Waals surface area contributed by atoms with Gasteiger partial charge in [0.2, 0.25) is 0 Å². The molecule has 9 heteroatoms. The third-order valence-corrected chi connectivity index (χ3v) is 4.41. The molecule has 2 aromatic heterocycles. The number of H-pyrrole nitrogens is 1.